The third kappa shape index (κ3) is 3.37. The fourth-order valence-electron chi connectivity index (χ4n) is 1.96. The number of carbonyl (C=O) groups excluding carboxylic acids is 1. The van der Waals surface area contributed by atoms with Gasteiger partial charge >= 0.3 is 0 Å². The molecule has 1 amide bonds. The first kappa shape index (κ1) is 14.8. The Morgan fingerprint density at radius 2 is 2.09 bits per heavy atom. The number of hydrogen-bond donors (Lipinski definition) is 1. The van der Waals surface area contributed by atoms with Crippen molar-refractivity contribution in [3.8, 4) is 5.75 Å². The highest BCUT2D eigenvalue weighted by Crippen LogP contribution is 2.24. The van der Waals surface area contributed by atoms with Gasteiger partial charge in [-0.3, -0.25) is 4.79 Å². The first-order chi connectivity index (χ1) is 10.6. The van der Waals surface area contributed by atoms with Crippen molar-refractivity contribution in [2.24, 2.45) is 0 Å². The van der Waals surface area contributed by atoms with E-state index in [9.17, 15) is 9.18 Å². The molecule has 0 saturated heterocycles. The summed E-state index contributed by atoms with van der Waals surface area (Å²) in [4.78, 5) is 11.9. The smallest absolute Gasteiger partial charge is 0.262 e. The molecule has 0 bridgehead atoms. The number of amides is 1. The lowest BCUT2D eigenvalue weighted by Crippen LogP contribution is -2.20. The van der Waals surface area contributed by atoms with E-state index in [1.165, 1.54) is 18.2 Å². The van der Waals surface area contributed by atoms with Crippen molar-refractivity contribution in [2.45, 2.75) is 0 Å². The summed E-state index contributed by atoms with van der Waals surface area (Å²) in [5.74, 6) is -0.479. The Bertz CT molecular complexity index is 834. The fraction of sp³-hybridized carbons (Fsp3) is 0.0625. The molecule has 3 rings (SSSR count). The summed E-state index contributed by atoms with van der Waals surface area (Å²) in [6.07, 6.45) is 0. The van der Waals surface area contributed by atoms with Gasteiger partial charge in [0.25, 0.3) is 5.91 Å². The highest BCUT2D eigenvalue weighted by atomic mass is 35.5. The number of thiophene rings is 1. The predicted octanol–water partition coefficient (Wildman–Crippen LogP) is 4.71. The van der Waals surface area contributed by atoms with Gasteiger partial charge in [-0.25, -0.2) is 4.39 Å². The first-order valence-electron chi connectivity index (χ1n) is 6.47. The molecule has 0 spiro atoms. The molecule has 0 radical (unpaired) electrons. The van der Waals surface area contributed by atoms with Crippen LogP contribution in [0.3, 0.4) is 0 Å². The van der Waals surface area contributed by atoms with E-state index in [2.05, 4.69) is 5.32 Å². The van der Waals surface area contributed by atoms with E-state index in [-0.39, 0.29) is 17.5 Å². The molecule has 0 aliphatic rings. The minimum Gasteiger partial charge on any atom is -0.484 e. The molecule has 3 nitrogen and oxygen atoms in total. The topological polar surface area (TPSA) is 38.3 Å². The first-order valence-corrected chi connectivity index (χ1v) is 7.72. The van der Waals surface area contributed by atoms with Crippen LogP contribution in [0.1, 0.15) is 0 Å². The van der Waals surface area contributed by atoms with Crippen LogP contribution in [0, 0.1) is 5.82 Å². The Morgan fingerprint density at radius 3 is 2.91 bits per heavy atom. The standard InChI is InChI=1S/C16H11ClFNO2S/c17-13-8-12(2-3-14(13)18)21-9-16(20)19-11-1-4-15-10(7-11)5-6-22-15/h1-8H,9H2,(H,19,20). The molecule has 112 valence electrons. The number of fused-ring (bicyclic) bond motifs is 1. The zero-order valence-electron chi connectivity index (χ0n) is 11.3. The van der Waals surface area contributed by atoms with Crippen molar-refractivity contribution in [1.82, 2.24) is 0 Å². The maximum absolute atomic E-state index is 13.0. The molecule has 2 aromatic carbocycles. The normalized spacial score (nSPS) is 10.6. The third-order valence-electron chi connectivity index (χ3n) is 3.00. The summed E-state index contributed by atoms with van der Waals surface area (Å²) in [5, 5.41) is 5.79. The van der Waals surface area contributed by atoms with E-state index in [1.54, 1.807) is 11.3 Å². The van der Waals surface area contributed by atoms with Crippen LogP contribution in [0.25, 0.3) is 10.1 Å². The van der Waals surface area contributed by atoms with Gasteiger partial charge in [-0.2, -0.15) is 0 Å². The van der Waals surface area contributed by atoms with E-state index in [0.717, 1.165) is 10.1 Å². The molecular weight excluding hydrogens is 325 g/mol. The Hall–Kier alpha value is -2.11. The van der Waals surface area contributed by atoms with Gasteiger partial charge in [0, 0.05) is 16.5 Å². The zero-order valence-corrected chi connectivity index (χ0v) is 12.9. The Morgan fingerprint density at radius 1 is 1.23 bits per heavy atom. The fourth-order valence-corrected chi connectivity index (χ4v) is 2.90. The molecule has 0 unspecified atom stereocenters. The highest BCUT2D eigenvalue weighted by molar-refractivity contribution is 7.17. The number of carbonyl (C=O) groups is 1. The van der Waals surface area contributed by atoms with Gasteiger partial charge in [-0.05, 0) is 47.2 Å². The average Bonchev–Trinajstić information content (AvgIpc) is 2.96. The third-order valence-corrected chi connectivity index (χ3v) is 4.18. The number of ether oxygens (including phenoxy) is 1. The van der Waals surface area contributed by atoms with Crippen molar-refractivity contribution in [3.05, 3.63) is 58.7 Å². The van der Waals surface area contributed by atoms with Gasteiger partial charge in [0.1, 0.15) is 11.6 Å². The minimum atomic E-state index is -0.525. The van der Waals surface area contributed by atoms with Crippen molar-refractivity contribution < 1.29 is 13.9 Å². The molecule has 1 heterocycles. The van der Waals surface area contributed by atoms with E-state index in [0.29, 0.717) is 11.4 Å². The largest absolute Gasteiger partial charge is 0.484 e. The number of benzene rings is 2. The molecule has 0 aliphatic carbocycles. The Balaban J connectivity index is 1.60. The number of halogens is 2. The van der Waals surface area contributed by atoms with Gasteiger partial charge in [-0.1, -0.05) is 11.6 Å². The van der Waals surface area contributed by atoms with Gasteiger partial charge < -0.3 is 10.1 Å². The van der Waals surface area contributed by atoms with Gasteiger partial charge in [0.2, 0.25) is 0 Å². The van der Waals surface area contributed by atoms with Crippen LogP contribution >= 0.6 is 22.9 Å². The van der Waals surface area contributed by atoms with Gasteiger partial charge in [0.05, 0.1) is 5.02 Å². The number of anilines is 1. The Kier molecular flexibility index (Phi) is 4.27. The van der Waals surface area contributed by atoms with E-state index >= 15 is 0 Å². The van der Waals surface area contributed by atoms with Gasteiger partial charge in [-0.15, -0.1) is 11.3 Å². The SMILES string of the molecule is O=C(COc1ccc(F)c(Cl)c1)Nc1ccc2sccc2c1. The van der Waals surface area contributed by atoms with Crippen LogP contribution < -0.4 is 10.1 Å². The molecular formula is C16H11ClFNO2S. The molecule has 6 heteroatoms. The van der Waals surface area contributed by atoms with E-state index in [4.69, 9.17) is 16.3 Å². The number of nitrogens with one attached hydrogen (secondary N) is 1. The summed E-state index contributed by atoms with van der Waals surface area (Å²) in [7, 11) is 0. The lowest BCUT2D eigenvalue weighted by molar-refractivity contribution is -0.118. The van der Waals surface area contributed by atoms with Crippen LogP contribution in [0.2, 0.25) is 5.02 Å². The van der Waals surface area contributed by atoms with Crippen LogP contribution in [0.4, 0.5) is 10.1 Å². The summed E-state index contributed by atoms with van der Waals surface area (Å²) in [6.45, 7) is -0.177. The predicted molar refractivity (Wildman–Crippen MR) is 87.4 cm³/mol. The monoisotopic (exact) mass is 335 g/mol. The number of rotatable bonds is 4. The summed E-state index contributed by atoms with van der Waals surface area (Å²) in [5.41, 5.74) is 0.705. The van der Waals surface area contributed by atoms with Crippen LogP contribution in [0.5, 0.6) is 5.75 Å². The van der Waals surface area contributed by atoms with Crippen molar-refractivity contribution >= 4 is 44.6 Å². The van der Waals surface area contributed by atoms with Gasteiger partial charge in [0.15, 0.2) is 6.61 Å². The average molecular weight is 336 g/mol. The molecule has 0 aliphatic heterocycles. The quantitative estimate of drug-likeness (QED) is 0.749. The van der Waals surface area contributed by atoms with Crippen molar-refractivity contribution in [2.75, 3.05) is 11.9 Å². The summed E-state index contributed by atoms with van der Waals surface area (Å²) < 4.78 is 19.5. The molecule has 0 atom stereocenters. The molecule has 1 aromatic heterocycles. The molecule has 3 aromatic rings. The second-order valence-corrected chi connectivity index (χ2v) is 5.94. The molecule has 22 heavy (non-hydrogen) atoms. The maximum atomic E-state index is 13.0. The van der Waals surface area contributed by atoms with Crippen LogP contribution in [-0.2, 0) is 4.79 Å². The second kappa shape index (κ2) is 6.34. The second-order valence-electron chi connectivity index (χ2n) is 4.59. The molecule has 1 N–H and O–H groups in total. The van der Waals surface area contributed by atoms with Crippen molar-refractivity contribution in [1.29, 1.82) is 0 Å². The maximum Gasteiger partial charge on any atom is 0.262 e. The minimum absolute atomic E-state index is 0.0409. The molecule has 0 saturated carbocycles. The number of hydrogen-bond acceptors (Lipinski definition) is 3. The highest BCUT2D eigenvalue weighted by Gasteiger charge is 2.06. The summed E-state index contributed by atoms with van der Waals surface area (Å²) >= 11 is 7.29. The zero-order chi connectivity index (χ0) is 15.5. The van der Waals surface area contributed by atoms with Crippen LogP contribution in [-0.4, -0.2) is 12.5 Å². The lowest BCUT2D eigenvalue weighted by Gasteiger charge is -2.08. The van der Waals surface area contributed by atoms with E-state index < -0.39 is 5.82 Å². The van der Waals surface area contributed by atoms with Crippen molar-refractivity contribution in [3.63, 3.8) is 0 Å². The molecule has 0 fully saturated rings. The van der Waals surface area contributed by atoms with Crippen LogP contribution in [0.15, 0.2) is 47.8 Å². The summed E-state index contributed by atoms with van der Waals surface area (Å²) in [6, 6.07) is 11.6. The lowest BCUT2D eigenvalue weighted by atomic mass is 10.2. The van der Waals surface area contributed by atoms with E-state index in [1.807, 2.05) is 29.6 Å². The Labute approximate surface area is 135 Å².